The molecule has 1 aliphatic carbocycles. The van der Waals surface area contributed by atoms with Crippen LogP contribution in [0, 0.1) is 0 Å². The zero-order valence-electron chi connectivity index (χ0n) is 23.0. The lowest BCUT2D eigenvalue weighted by Gasteiger charge is -2.26. The quantitative estimate of drug-likeness (QED) is 0.0996. The average molecular weight is 583 g/mol. The predicted molar refractivity (Wildman–Crippen MR) is 158 cm³/mol. The van der Waals surface area contributed by atoms with Crippen LogP contribution in [0.25, 0.3) is 10.8 Å². The van der Waals surface area contributed by atoms with Gasteiger partial charge in [-0.05, 0) is 6.42 Å². The van der Waals surface area contributed by atoms with Gasteiger partial charge in [-0.15, -0.1) is 13.2 Å². The molecule has 0 aromatic heterocycles. The second-order valence-electron chi connectivity index (χ2n) is 8.99. The van der Waals surface area contributed by atoms with Crippen molar-refractivity contribution in [2.75, 3.05) is 39.6 Å². The third-order valence-corrected chi connectivity index (χ3v) is 6.30. The Morgan fingerprint density at radius 1 is 0.780 bits per heavy atom. The van der Waals surface area contributed by atoms with E-state index in [2.05, 4.69) is 26.3 Å². The fourth-order valence-electron chi connectivity index (χ4n) is 4.24. The van der Waals surface area contributed by atoms with Gasteiger partial charge in [-0.2, -0.15) is 0 Å². The van der Waals surface area contributed by atoms with Gasteiger partial charge in [0, 0.05) is 45.5 Å². The molecular weight excluding hydrogens is 548 g/mol. The molecule has 0 aliphatic heterocycles. The summed E-state index contributed by atoms with van der Waals surface area (Å²) in [6.07, 6.45) is 6.91. The number of allylic oxidation sites excluding steroid dienone is 2. The van der Waals surface area contributed by atoms with E-state index in [-0.39, 0.29) is 26.4 Å². The molecule has 0 amide bonds. The van der Waals surface area contributed by atoms with E-state index in [9.17, 15) is 9.59 Å². The first kappa shape index (κ1) is 31.7. The first-order chi connectivity index (χ1) is 19.9. The minimum Gasteiger partial charge on any atom is -0.489 e. The Morgan fingerprint density at radius 3 is 1.73 bits per heavy atom. The Bertz CT molecular complexity index is 1300. The van der Waals surface area contributed by atoms with Crippen LogP contribution < -0.4 is 9.47 Å². The van der Waals surface area contributed by atoms with Gasteiger partial charge in [0.1, 0.15) is 24.7 Å². The van der Waals surface area contributed by atoms with Crippen LogP contribution in [0.2, 0.25) is 0 Å². The SMILES string of the molecule is C=CCOCC(COc1c2c(c(OCC(COCC=C)OC(=O)C=C)c3ccccc13)CC(Cl)=CC2)OC(=O)C=C. The zero-order chi connectivity index (χ0) is 29.6. The molecule has 0 saturated carbocycles. The highest BCUT2D eigenvalue weighted by atomic mass is 35.5. The fourth-order valence-corrected chi connectivity index (χ4v) is 4.45. The van der Waals surface area contributed by atoms with Gasteiger partial charge in [0.05, 0.1) is 26.4 Å². The highest BCUT2D eigenvalue weighted by molar-refractivity contribution is 6.30. The predicted octanol–water partition coefficient (Wildman–Crippen LogP) is 5.42. The number of halogens is 1. The Balaban J connectivity index is 1.96. The Labute approximate surface area is 245 Å². The van der Waals surface area contributed by atoms with Gasteiger partial charge in [0.2, 0.25) is 0 Å². The normalized spacial score (nSPS) is 13.6. The number of hydrogen-bond donors (Lipinski definition) is 0. The summed E-state index contributed by atoms with van der Waals surface area (Å²) >= 11 is 6.49. The number of rotatable bonds is 18. The van der Waals surface area contributed by atoms with Crippen molar-refractivity contribution in [2.24, 2.45) is 0 Å². The number of fused-ring (bicyclic) bond motifs is 2. The zero-order valence-corrected chi connectivity index (χ0v) is 23.7. The molecule has 3 rings (SSSR count). The molecule has 9 heteroatoms. The molecule has 0 spiro atoms. The van der Waals surface area contributed by atoms with Crippen LogP contribution in [0.3, 0.4) is 0 Å². The molecule has 8 nitrogen and oxygen atoms in total. The van der Waals surface area contributed by atoms with E-state index in [0.717, 1.165) is 34.1 Å². The molecule has 218 valence electrons. The molecule has 2 atom stereocenters. The lowest BCUT2D eigenvalue weighted by molar-refractivity contribution is -0.148. The molecule has 0 bridgehead atoms. The van der Waals surface area contributed by atoms with Crippen molar-refractivity contribution in [3.63, 3.8) is 0 Å². The fraction of sp³-hybridized carbons (Fsp3) is 0.312. The minimum atomic E-state index is -0.684. The third-order valence-electron chi connectivity index (χ3n) is 6.01. The summed E-state index contributed by atoms with van der Waals surface area (Å²) in [5, 5.41) is 2.26. The summed E-state index contributed by atoms with van der Waals surface area (Å²) in [5.41, 5.74) is 1.75. The van der Waals surface area contributed by atoms with E-state index in [0.29, 0.717) is 42.6 Å². The number of hydrogen-bond acceptors (Lipinski definition) is 8. The maximum absolute atomic E-state index is 11.9. The van der Waals surface area contributed by atoms with Gasteiger partial charge in [-0.3, -0.25) is 0 Å². The number of ether oxygens (including phenoxy) is 6. The van der Waals surface area contributed by atoms with Crippen LogP contribution >= 0.6 is 11.6 Å². The smallest absolute Gasteiger partial charge is 0.330 e. The average Bonchev–Trinajstić information content (AvgIpc) is 2.98. The van der Waals surface area contributed by atoms with E-state index in [1.165, 1.54) is 0 Å². The molecule has 0 heterocycles. The first-order valence-corrected chi connectivity index (χ1v) is 13.5. The summed E-state index contributed by atoms with van der Waals surface area (Å²) in [7, 11) is 0. The van der Waals surface area contributed by atoms with Crippen molar-refractivity contribution in [1.82, 2.24) is 0 Å². The Morgan fingerprint density at radius 2 is 1.27 bits per heavy atom. The highest BCUT2D eigenvalue weighted by Gasteiger charge is 2.26. The molecule has 1 aliphatic rings. The van der Waals surface area contributed by atoms with Crippen LogP contribution in [0.4, 0.5) is 0 Å². The largest absolute Gasteiger partial charge is 0.489 e. The van der Waals surface area contributed by atoms with Gasteiger partial charge >= 0.3 is 11.9 Å². The van der Waals surface area contributed by atoms with Crippen LogP contribution in [0.15, 0.2) is 86.0 Å². The topological polar surface area (TPSA) is 89.5 Å². The van der Waals surface area contributed by atoms with Crippen molar-refractivity contribution in [3.8, 4) is 11.5 Å². The van der Waals surface area contributed by atoms with Crippen LogP contribution in [0.5, 0.6) is 11.5 Å². The summed E-state index contributed by atoms with van der Waals surface area (Å²) in [4.78, 5) is 23.9. The van der Waals surface area contributed by atoms with Crippen molar-refractivity contribution in [2.45, 2.75) is 25.0 Å². The monoisotopic (exact) mass is 582 g/mol. The van der Waals surface area contributed by atoms with E-state index in [1.807, 2.05) is 30.3 Å². The molecule has 2 unspecified atom stereocenters. The van der Waals surface area contributed by atoms with Crippen LogP contribution in [0.1, 0.15) is 11.1 Å². The Kier molecular flexibility index (Phi) is 12.7. The summed E-state index contributed by atoms with van der Waals surface area (Å²) in [6, 6.07) is 7.65. The molecule has 0 fully saturated rings. The van der Waals surface area contributed by atoms with Crippen LogP contribution in [-0.2, 0) is 41.4 Å². The number of carbonyl (C=O) groups excluding carboxylic acids is 2. The number of benzene rings is 2. The standard InChI is InChI=1S/C32H35ClO8/c1-5-15-36-18-23(40-29(34)7-3)20-38-31-25-11-9-10-12-26(25)32(28-17-22(33)13-14-27(28)31)39-21-24(19-37-16-6-2)41-30(35)8-4/h5-13,23-24H,1-4,14-21H2. The van der Waals surface area contributed by atoms with Gasteiger partial charge < -0.3 is 28.4 Å². The molecular formula is C32H35ClO8. The lowest BCUT2D eigenvalue weighted by atomic mass is 9.90. The number of carbonyl (C=O) groups is 2. The molecule has 0 saturated heterocycles. The molecule has 41 heavy (non-hydrogen) atoms. The summed E-state index contributed by atoms with van der Waals surface area (Å²) in [6.45, 7) is 15.1. The maximum atomic E-state index is 11.9. The van der Waals surface area contributed by atoms with Crippen molar-refractivity contribution >= 4 is 34.3 Å². The molecule has 2 aromatic carbocycles. The molecule has 0 N–H and O–H groups in total. The lowest BCUT2D eigenvalue weighted by Crippen LogP contribution is -2.30. The second kappa shape index (κ2) is 16.4. The third kappa shape index (κ3) is 9.08. The summed E-state index contributed by atoms with van der Waals surface area (Å²) < 4.78 is 34.6. The van der Waals surface area contributed by atoms with E-state index < -0.39 is 24.1 Å². The van der Waals surface area contributed by atoms with E-state index >= 15 is 0 Å². The van der Waals surface area contributed by atoms with Gasteiger partial charge in [0.15, 0.2) is 12.2 Å². The highest BCUT2D eigenvalue weighted by Crippen LogP contribution is 2.44. The van der Waals surface area contributed by atoms with Gasteiger partial charge in [-0.1, -0.05) is 67.3 Å². The Hall–Kier alpha value is -3.85. The molecule has 2 aromatic rings. The maximum Gasteiger partial charge on any atom is 0.330 e. The number of esters is 2. The van der Waals surface area contributed by atoms with E-state index in [4.69, 9.17) is 40.0 Å². The van der Waals surface area contributed by atoms with Crippen molar-refractivity contribution < 1.29 is 38.0 Å². The first-order valence-electron chi connectivity index (χ1n) is 13.1. The summed E-state index contributed by atoms with van der Waals surface area (Å²) in [5.74, 6) is 0.0957. The second-order valence-corrected chi connectivity index (χ2v) is 9.48. The van der Waals surface area contributed by atoms with E-state index in [1.54, 1.807) is 12.2 Å². The molecule has 0 radical (unpaired) electrons. The van der Waals surface area contributed by atoms with Crippen molar-refractivity contribution in [3.05, 3.63) is 97.1 Å². The minimum absolute atomic E-state index is 0.0366. The van der Waals surface area contributed by atoms with Gasteiger partial charge in [-0.25, -0.2) is 9.59 Å². The van der Waals surface area contributed by atoms with Gasteiger partial charge in [0.25, 0.3) is 0 Å². The van der Waals surface area contributed by atoms with Crippen molar-refractivity contribution in [1.29, 1.82) is 0 Å². The van der Waals surface area contributed by atoms with Crippen LogP contribution in [-0.4, -0.2) is 63.8 Å².